The van der Waals surface area contributed by atoms with Crippen LogP contribution in [0.25, 0.3) is 0 Å². The molecule has 1 heterocycles. The van der Waals surface area contributed by atoms with E-state index >= 15 is 0 Å². The molecule has 1 aliphatic carbocycles. The van der Waals surface area contributed by atoms with Crippen LogP contribution in [0.1, 0.15) is 11.3 Å². The van der Waals surface area contributed by atoms with Gasteiger partial charge in [0.1, 0.15) is 0 Å². The Bertz CT molecular complexity index is 579. The molecule has 1 aliphatic rings. The minimum atomic E-state index is -0.659. The maximum absolute atomic E-state index is 12.2. The third kappa shape index (κ3) is 3.11. The molecular weight excluding hydrogens is 278 g/mol. The average Bonchev–Trinajstić information content (AvgIpc) is 2.83. The Labute approximate surface area is 120 Å². The normalized spacial score (nSPS) is 21.6. The van der Waals surface area contributed by atoms with Crippen LogP contribution >= 0.6 is 11.3 Å². The van der Waals surface area contributed by atoms with Gasteiger partial charge >= 0.3 is 5.97 Å². The van der Waals surface area contributed by atoms with E-state index in [1.807, 2.05) is 6.92 Å². The molecule has 0 saturated heterocycles. The molecule has 20 heavy (non-hydrogen) atoms. The van der Waals surface area contributed by atoms with Crippen LogP contribution in [-0.4, -0.2) is 29.7 Å². The predicted molar refractivity (Wildman–Crippen MR) is 76.0 cm³/mol. The van der Waals surface area contributed by atoms with Gasteiger partial charge in [-0.05, 0) is 19.4 Å². The molecule has 2 rings (SSSR count). The fourth-order valence-electron chi connectivity index (χ4n) is 1.97. The van der Waals surface area contributed by atoms with Crippen molar-refractivity contribution in [1.82, 2.24) is 4.98 Å². The minimum absolute atomic E-state index is 0.191. The SMILES string of the molecule is COC(=O)C1C=CC(=N)C(C(=O)Nc2ncc(C)s2)C1. The van der Waals surface area contributed by atoms with Gasteiger partial charge in [0.15, 0.2) is 5.13 Å². The zero-order chi connectivity index (χ0) is 14.7. The second-order valence-electron chi connectivity index (χ2n) is 4.50. The van der Waals surface area contributed by atoms with E-state index in [-0.39, 0.29) is 18.0 Å². The molecule has 1 amide bonds. The van der Waals surface area contributed by atoms with Crippen molar-refractivity contribution >= 4 is 34.1 Å². The van der Waals surface area contributed by atoms with E-state index in [9.17, 15) is 9.59 Å². The number of nitrogens with zero attached hydrogens (tertiary/aromatic N) is 1. The number of hydrogen-bond acceptors (Lipinski definition) is 6. The van der Waals surface area contributed by atoms with Crippen LogP contribution in [0.15, 0.2) is 18.3 Å². The number of anilines is 1. The Kier molecular flexibility index (Phi) is 4.29. The van der Waals surface area contributed by atoms with Gasteiger partial charge in [-0.25, -0.2) is 4.98 Å². The monoisotopic (exact) mass is 293 g/mol. The summed E-state index contributed by atoms with van der Waals surface area (Å²) >= 11 is 1.37. The number of allylic oxidation sites excluding steroid dienone is 1. The number of esters is 1. The molecule has 6 nitrogen and oxygen atoms in total. The second kappa shape index (κ2) is 5.96. The first kappa shape index (κ1) is 14.4. The summed E-state index contributed by atoms with van der Waals surface area (Å²) in [4.78, 5) is 28.7. The van der Waals surface area contributed by atoms with E-state index in [4.69, 9.17) is 5.41 Å². The number of ether oxygens (including phenoxy) is 1. The Morgan fingerprint density at radius 1 is 1.55 bits per heavy atom. The van der Waals surface area contributed by atoms with Crippen molar-refractivity contribution < 1.29 is 14.3 Å². The second-order valence-corrected chi connectivity index (χ2v) is 5.73. The van der Waals surface area contributed by atoms with Gasteiger partial charge in [-0.3, -0.25) is 9.59 Å². The lowest BCUT2D eigenvalue weighted by molar-refractivity contribution is -0.144. The summed E-state index contributed by atoms with van der Waals surface area (Å²) in [5.41, 5.74) is 0.191. The lowest BCUT2D eigenvalue weighted by atomic mass is 9.84. The molecular formula is C13H15N3O3S. The molecule has 0 spiro atoms. The number of aryl methyl sites for hydroxylation is 1. The number of thiazole rings is 1. The summed E-state index contributed by atoms with van der Waals surface area (Å²) in [6.45, 7) is 1.89. The van der Waals surface area contributed by atoms with Crippen LogP contribution < -0.4 is 5.32 Å². The van der Waals surface area contributed by atoms with Gasteiger partial charge in [0.05, 0.1) is 18.9 Å². The molecule has 2 unspecified atom stereocenters. The van der Waals surface area contributed by atoms with Crippen molar-refractivity contribution in [1.29, 1.82) is 5.41 Å². The van der Waals surface area contributed by atoms with Crippen molar-refractivity contribution in [2.75, 3.05) is 12.4 Å². The van der Waals surface area contributed by atoms with Crippen molar-refractivity contribution in [3.63, 3.8) is 0 Å². The summed E-state index contributed by atoms with van der Waals surface area (Å²) < 4.78 is 4.67. The first-order valence-electron chi connectivity index (χ1n) is 6.09. The summed E-state index contributed by atoms with van der Waals surface area (Å²) in [5.74, 6) is -1.85. The van der Waals surface area contributed by atoms with E-state index in [1.54, 1.807) is 12.3 Å². The standard InChI is InChI=1S/C13H15N3O3S/c1-7-6-15-13(20-7)16-11(17)9-5-8(12(18)19-2)3-4-10(9)14/h3-4,6,8-9,14H,5H2,1-2H3,(H,15,16,17). The smallest absolute Gasteiger partial charge is 0.312 e. The highest BCUT2D eigenvalue weighted by molar-refractivity contribution is 7.15. The molecule has 0 aromatic carbocycles. The Morgan fingerprint density at radius 3 is 2.90 bits per heavy atom. The lowest BCUT2D eigenvalue weighted by Gasteiger charge is -2.22. The van der Waals surface area contributed by atoms with Crippen molar-refractivity contribution in [3.05, 3.63) is 23.2 Å². The maximum Gasteiger partial charge on any atom is 0.312 e. The number of methoxy groups -OCH3 is 1. The number of rotatable bonds is 3. The van der Waals surface area contributed by atoms with Crippen LogP contribution in [0, 0.1) is 24.2 Å². The molecule has 2 atom stereocenters. The largest absolute Gasteiger partial charge is 0.469 e. The van der Waals surface area contributed by atoms with Crippen molar-refractivity contribution in [3.8, 4) is 0 Å². The lowest BCUT2D eigenvalue weighted by Crippen LogP contribution is -2.34. The summed E-state index contributed by atoms with van der Waals surface area (Å²) in [6.07, 6.45) is 5.01. The zero-order valence-corrected chi connectivity index (χ0v) is 12.0. The van der Waals surface area contributed by atoms with E-state index in [0.29, 0.717) is 5.13 Å². The van der Waals surface area contributed by atoms with E-state index in [1.165, 1.54) is 24.5 Å². The van der Waals surface area contributed by atoms with Crippen LogP contribution in [0.4, 0.5) is 5.13 Å². The molecule has 1 aromatic rings. The fourth-order valence-corrected chi connectivity index (χ4v) is 2.64. The molecule has 2 N–H and O–H groups in total. The fraction of sp³-hybridized carbons (Fsp3) is 0.385. The highest BCUT2D eigenvalue weighted by atomic mass is 32.1. The van der Waals surface area contributed by atoms with Gasteiger partial charge in [0.2, 0.25) is 5.91 Å². The van der Waals surface area contributed by atoms with Gasteiger partial charge in [-0.15, -0.1) is 11.3 Å². The minimum Gasteiger partial charge on any atom is -0.469 e. The summed E-state index contributed by atoms with van der Waals surface area (Å²) in [6, 6.07) is 0. The van der Waals surface area contributed by atoms with E-state index in [2.05, 4.69) is 15.0 Å². The average molecular weight is 293 g/mol. The van der Waals surface area contributed by atoms with Gasteiger partial charge in [-0.1, -0.05) is 6.08 Å². The Morgan fingerprint density at radius 2 is 2.30 bits per heavy atom. The first-order chi connectivity index (χ1) is 9.51. The van der Waals surface area contributed by atoms with Gasteiger partial charge < -0.3 is 15.5 Å². The predicted octanol–water partition coefficient (Wildman–Crippen LogP) is 1.78. The number of nitrogens with one attached hydrogen (secondary N) is 2. The van der Waals surface area contributed by atoms with Crippen LogP contribution in [0.3, 0.4) is 0 Å². The Hall–Kier alpha value is -2.02. The van der Waals surface area contributed by atoms with Crippen LogP contribution in [-0.2, 0) is 14.3 Å². The third-order valence-corrected chi connectivity index (χ3v) is 3.87. The van der Waals surface area contributed by atoms with Crippen LogP contribution in [0.2, 0.25) is 0 Å². The quantitative estimate of drug-likeness (QED) is 0.831. The molecule has 1 aromatic heterocycles. The molecule has 106 valence electrons. The molecule has 0 saturated carbocycles. The molecule has 0 bridgehead atoms. The van der Waals surface area contributed by atoms with E-state index < -0.39 is 17.8 Å². The molecule has 0 fully saturated rings. The highest BCUT2D eigenvalue weighted by Crippen LogP contribution is 2.25. The number of hydrogen-bond donors (Lipinski definition) is 2. The number of carbonyl (C=O) groups is 2. The van der Waals surface area contributed by atoms with Crippen molar-refractivity contribution in [2.24, 2.45) is 11.8 Å². The maximum atomic E-state index is 12.2. The van der Waals surface area contributed by atoms with Gasteiger partial charge in [0, 0.05) is 16.8 Å². The highest BCUT2D eigenvalue weighted by Gasteiger charge is 2.32. The number of amides is 1. The molecule has 0 radical (unpaired) electrons. The summed E-state index contributed by atoms with van der Waals surface area (Å²) in [7, 11) is 1.31. The van der Waals surface area contributed by atoms with Crippen molar-refractivity contribution in [2.45, 2.75) is 13.3 Å². The first-order valence-corrected chi connectivity index (χ1v) is 6.90. The van der Waals surface area contributed by atoms with Gasteiger partial charge in [-0.2, -0.15) is 0 Å². The van der Waals surface area contributed by atoms with Gasteiger partial charge in [0.25, 0.3) is 0 Å². The zero-order valence-electron chi connectivity index (χ0n) is 11.2. The third-order valence-electron chi connectivity index (χ3n) is 3.04. The molecule has 0 aliphatic heterocycles. The molecule has 7 heteroatoms. The van der Waals surface area contributed by atoms with Crippen LogP contribution in [0.5, 0.6) is 0 Å². The number of aromatic nitrogens is 1. The Balaban J connectivity index is 2.07. The number of carbonyl (C=O) groups excluding carboxylic acids is 2. The van der Waals surface area contributed by atoms with E-state index in [0.717, 1.165) is 4.88 Å². The summed E-state index contributed by atoms with van der Waals surface area (Å²) in [5, 5.41) is 11.0. The topological polar surface area (TPSA) is 92.1 Å².